The third-order valence-electron chi connectivity index (χ3n) is 3.41. The smallest absolute Gasteiger partial charge is 1.00 e. The van der Waals surface area contributed by atoms with Crippen molar-refractivity contribution in [3.63, 3.8) is 0 Å². The van der Waals surface area contributed by atoms with E-state index in [1.807, 2.05) is 0 Å². The van der Waals surface area contributed by atoms with E-state index in [1.54, 1.807) is 20.8 Å². The molecule has 3 atom stereocenters. The molecule has 0 aromatic carbocycles. The third-order valence-corrected chi connectivity index (χ3v) is 3.41. The van der Waals surface area contributed by atoms with E-state index in [2.05, 4.69) is 0 Å². The predicted molar refractivity (Wildman–Crippen MR) is 182 cm³/mol. The van der Waals surface area contributed by atoms with Crippen LogP contribution in [-0.4, -0.2) is 97.1 Å². The van der Waals surface area contributed by atoms with Gasteiger partial charge in [0.1, 0.15) is 6.10 Å². The molecule has 0 aromatic rings. The van der Waals surface area contributed by atoms with Gasteiger partial charge in [0.05, 0.1) is 52.9 Å². The van der Waals surface area contributed by atoms with Gasteiger partial charge >= 0.3 is 154 Å². The number of hydrogen-bond donors (Lipinski definition) is 0. The van der Waals surface area contributed by atoms with E-state index >= 15 is 0 Å². The molecule has 0 bridgehead atoms. The maximum Gasteiger partial charge on any atom is 1.00 e. The first-order chi connectivity index (χ1) is 13.0. The quantitative estimate of drug-likeness (QED) is 0.0736. The minimum absolute atomic E-state index is 0. The summed E-state index contributed by atoms with van der Waals surface area (Å²) < 4.78 is 32.5. The van der Waals surface area contributed by atoms with Crippen LogP contribution in [-0.2, 0) is 28.4 Å². The average Bonchev–Trinajstić information content (AvgIpc) is 2.68. The Hall–Kier alpha value is 4.55. The molecular weight excluding hydrogens is 634 g/mol. The minimum Gasteiger partial charge on any atom is -1.00 e. The van der Waals surface area contributed by atoms with Gasteiger partial charge in [-0.25, -0.2) is 0 Å². The molecule has 0 saturated carbocycles. The first kappa shape index (κ1) is 110. The molecule has 43 heavy (non-hydrogen) atoms. The van der Waals surface area contributed by atoms with Crippen LogP contribution < -0.4 is 169 Å². The van der Waals surface area contributed by atoms with E-state index in [4.69, 9.17) is 28.4 Å². The van der Waals surface area contributed by atoms with E-state index in [1.165, 1.54) is 0 Å². The van der Waals surface area contributed by atoms with Gasteiger partial charge in [-0.15, -0.1) is 19.8 Å². The fraction of sp³-hybridized carbons (Fsp3) is 0.968. The molecule has 0 radical (unpaired) electrons. The van der Waals surface area contributed by atoms with Crippen molar-refractivity contribution in [3.05, 3.63) is 7.43 Å². The molecule has 0 fully saturated rings. The Labute approximate surface area is 408 Å². The summed E-state index contributed by atoms with van der Waals surface area (Å²) in [6, 6.07) is 0. The fourth-order valence-corrected chi connectivity index (χ4v) is 1.80. The van der Waals surface area contributed by atoms with Crippen LogP contribution in [0.3, 0.4) is 0 Å². The molecule has 0 rings (SSSR count). The Morgan fingerprint density at radius 2 is 0.628 bits per heavy atom. The Morgan fingerprint density at radius 1 is 0.419 bits per heavy atom. The zero-order chi connectivity index (χ0) is 20.3. The molecule has 0 aliphatic heterocycles. The van der Waals surface area contributed by atoms with Crippen LogP contribution in [0.5, 0.6) is 0 Å². The molecule has 0 spiro atoms. The normalized spacial score (nSPS) is 10.2. The van der Waals surface area contributed by atoms with Crippen LogP contribution in [0, 0.1) is 7.43 Å². The van der Waals surface area contributed by atoms with E-state index in [0.717, 1.165) is 0 Å². The molecule has 0 saturated heterocycles. The standard InChI is InChI=1S/C18H35O9.12CH4.CH3.3K.2H/c1-15(10-19)24-6-4-22-13-18(27-9-8-26-17(3)12-21)14-23-5-7-25-16(2)11-20;;;;;;;;;;;;;;;;;;/h15-18H,4-14H2,1-3H3;12*1H4;1H3;;;;;/q-3;;;;;;;;;;;;;-1;3*+1;2*-1/i;;;;;;;;;;;;;;;;;2*1+2. The van der Waals surface area contributed by atoms with Crippen molar-refractivity contribution in [1.82, 2.24) is 0 Å². The zero-order valence-corrected chi connectivity index (χ0v) is 30.1. The molecule has 12 heteroatoms. The zero-order valence-electron chi connectivity index (χ0n) is 22.8. The van der Waals surface area contributed by atoms with Crippen LogP contribution in [0.25, 0.3) is 0 Å². The van der Waals surface area contributed by atoms with Gasteiger partial charge in [-0.2, -0.15) is 0 Å². The first-order valence-corrected chi connectivity index (χ1v) is 9.39. The van der Waals surface area contributed by atoms with E-state index in [9.17, 15) is 15.3 Å². The van der Waals surface area contributed by atoms with E-state index in [0.29, 0.717) is 52.9 Å². The number of ether oxygens (including phenoxy) is 6. The monoisotopic (exact) mass is 726 g/mol. The molecular formula is C31H88K3O9-3. The predicted octanol–water partition coefficient (Wildman–Crippen LogP) is -2.98. The van der Waals surface area contributed by atoms with Crippen molar-refractivity contribution in [2.24, 2.45) is 0 Å². The second kappa shape index (κ2) is 85.8. The van der Waals surface area contributed by atoms with Gasteiger partial charge in [0.25, 0.3) is 0 Å². The van der Waals surface area contributed by atoms with Crippen LogP contribution in [0.4, 0.5) is 0 Å². The van der Waals surface area contributed by atoms with Gasteiger partial charge in [-0.05, 0) is 20.8 Å². The summed E-state index contributed by atoms with van der Waals surface area (Å²) in [7, 11) is 0. The van der Waals surface area contributed by atoms with Gasteiger partial charge in [0, 0.05) is 18.3 Å². The van der Waals surface area contributed by atoms with Gasteiger partial charge < -0.3 is 54.0 Å². The summed E-state index contributed by atoms with van der Waals surface area (Å²) in [5.41, 5.74) is 0. The van der Waals surface area contributed by atoms with E-state index in [-0.39, 0.29) is 298 Å². The molecule has 3 unspecified atom stereocenters. The summed E-state index contributed by atoms with van der Waals surface area (Å²) in [6.07, 6.45) is -1.33. The summed E-state index contributed by atoms with van der Waals surface area (Å²) >= 11 is 0. The molecule has 0 heterocycles. The summed E-state index contributed by atoms with van der Waals surface area (Å²) in [6.45, 7) is 6.86. The van der Waals surface area contributed by atoms with Gasteiger partial charge in [0.2, 0.25) is 0 Å². The molecule has 0 N–H and O–H groups in total. The fourth-order valence-electron chi connectivity index (χ4n) is 1.80. The van der Waals surface area contributed by atoms with Crippen molar-refractivity contribution in [3.8, 4) is 0 Å². The van der Waals surface area contributed by atoms with Crippen molar-refractivity contribution in [2.75, 3.05) is 72.7 Å². The molecule has 0 aliphatic rings. The van der Waals surface area contributed by atoms with Crippen molar-refractivity contribution < 1.29 is 201 Å². The van der Waals surface area contributed by atoms with Crippen molar-refractivity contribution >= 4 is 0 Å². The van der Waals surface area contributed by atoms with Crippen molar-refractivity contribution in [2.45, 2.75) is 134 Å². The number of hydrogen-bond acceptors (Lipinski definition) is 9. The van der Waals surface area contributed by atoms with E-state index < -0.39 is 0 Å². The van der Waals surface area contributed by atoms with Gasteiger partial charge in [-0.1, -0.05) is 89.1 Å². The second-order valence-corrected chi connectivity index (χ2v) is 6.19. The molecule has 0 aromatic heterocycles. The van der Waals surface area contributed by atoms with Crippen LogP contribution >= 0.6 is 0 Å². The van der Waals surface area contributed by atoms with Gasteiger partial charge in [0.15, 0.2) is 0 Å². The topological polar surface area (TPSA) is 125 Å². The summed E-state index contributed by atoms with van der Waals surface area (Å²) in [5.74, 6) is 0. The number of rotatable bonds is 20. The molecule has 0 amide bonds. The third kappa shape index (κ3) is 82.1. The molecule has 0 aliphatic carbocycles. The summed E-state index contributed by atoms with van der Waals surface area (Å²) in [5, 5.41) is 31.8. The molecule has 272 valence electrons. The largest absolute Gasteiger partial charge is 1.00 e. The second-order valence-electron chi connectivity index (χ2n) is 6.19. The first-order valence-electron chi connectivity index (χ1n) is 9.39. The maximum atomic E-state index is 10.6. The minimum atomic E-state index is -0.347. The maximum absolute atomic E-state index is 10.6. The summed E-state index contributed by atoms with van der Waals surface area (Å²) in [4.78, 5) is 0. The SMILES string of the molecule is C.C.C.C.C.C.C.C.C.C.C.C.CC(C[O-])OCCOCC(COCCOC(C)C[O-])OCCOC(C)C[O-].[3H-].[3H-].[CH3-].[K+].[K+].[K+]. The molecule has 9 nitrogen and oxygen atoms in total. The van der Waals surface area contributed by atoms with Crippen molar-refractivity contribution in [1.29, 1.82) is 0 Å². The Morgan fingerprint density at radius 3 is 0.860 bits per heavy atom. The van der Waals surface area contributed by atoms with Crippen LogP contribution in [0.15, 0.2) is 0 Å². The van der Waals surface area contributed by atoms with Crippen LogP contribution in [0.2, 0.25) is 0 Å². The van der Waals surface area contributed by atoms with Crippen LogP contribution in [0.1, 0.15) is 113 Å². The Bertz CT molecular complexity index is 320. The Balaban J connectivity index is -0.0000000221. The Kier molecular flexibility index (Phi) is 220. The average molecular weight is 726 g/mol. The van der Waals surface area contributed by atoms with Gasteiger partial charge in [-0.3, -0.25) is 0 Å².